The van der Waals surface area contributed by atoms with E-state index < -0.39 is 11.2 Å². The number of hydrogen-bond donors (Lipinski definition) is 2. The van der Waals surface area contributed by atoms with E-state index in [0.717, 1.165) is 41.6 Å². The van der Waals surface area contributed by atoms with Crippen LogP contribution >= 0.6 is 0 Å². The summed E-state index contributed by atoms with van der Waals surface area (Å²) >= 11 is -0.950. The normalized spacial score (nSPS) is 18.7. The van der Waals surface area contributed by atoms with Gasteiger partial charge in [-0.1, -0.05) is 48.5 Å². The Morgan fingerprint density at radius 3 is 2.73 bits per heavy atom. The van der Waals surface area contributed by atoms with E-state index in [4.69, 9.17) is 0 Å². The van der Waals surface area contributed by atoms with Crippen molar-refractivity contribution >= 4 is 27.7 Å². The third kappa shape index (κ3) is 3.88. The number of nitrogens with one attached hydrogen (secondary N) is 2. The first-order valence-corrected chi connectivity index (χ1v) is 10.6. The average Bonchev–Trinajstić information content (AvgIpc) is 3.13. The fourth-order valence-corrected chi connectivity index (χ4v) is 4.93. The lowest BCUT2D eigenvalue weighted by Crippen LogP contribution is -2.33. The van der Waals surface area contributed by atoms with E-state index in [1.165, 1.54) is 11.1 Å². The van der Waals surface area contributed by atoms with Gasteiger partial charge in [0, 0.05) is 12.6 Å². The van der Waals surface area contributed by atoms with Gasteiger partial charge in [0.2, 0.25) is 0 Å². The Labute approximate surface area is 157 Å². The fraction of sp³-hybridized carbons (Fsp3) is 0.273. The van der Waals surface area contributed by atoms with Crippen LogP contribution in [0.25, 0.3) is 16.5 Å². The van der Waals surface area contributed by atoms with Gasteiger partial charge in [-0.25, -0.2) is 0 Å². The van der Waals surface area contributed by atoms with Crippen LogP contribution in [0.3, 0.4) is 0 Å². The number of benzene rings is 2. The molecular formula is C22H24N2OS. The van der Waals surface area contributed by atoms with Gasteiger partial charge in [-0.2, -0.15) is 0 Å². The first kappa shape index (κ1) is 17.4. The van der Waals surface area contributed by atoms with Crippen LogP contribution in [0, 0.1) is 0 Å². The van der Waals surface area contributed by atoms with Gasteiger partial charge in [0.05, 0.1) is 17.1 Å². The van der Waals surface area contributed by atoms with Crippen LogP contribution in [0.15, 0.2) is 71.8 Å². The van der Waals surface area contributed by atoms with Crippen molar-refractivity contribution in [1.82, 2.24) is 10.3 Å². The summed E-state index contributed by atoms with van der Waals surface area (Å²) < 4.78 is 12.7. The fourth-order valence-electron chi connectivity index (χ4n) is 3.67. The molecule has 0 aliphatic carbocycles. The van der Waals surface area contributed by atoms with Gasteiger partial charge in [0.25, 0.3) is 0 Å². The Bertz CT molecular complexity index is 887. The molecule has 2 unspecified atom stereocenters. The monoisotopic (exact) mass is 364 g/mol. The molecule has 4 rings (SSSR count). The topological polar surface area (TPSA) is 50.9 Å². The van der Waals surface area contributed by atoms with Gasteiger partial charge in [0.1, 0.15) is 5.75 Å². The first-order chi connectivity index (χ1) is 12.8. The molecule has 0 bridgehead atoms. The zero-order chi connectivity index (χ0) is 17.8. The van der Waals surface area contributed by atoms with E-state index in [9.17, 15) is 4.55 Å². The van der Waals surface area contributed by atoms with Crippen molar-refractivity contribution < 1.29 is 4.55 Å². The number of hydrogen-bond acceptors (Lipinski definition) is 2. The Hall–Kier alpha value is -2.01. The third-order valence-electron chi connectivity index (χ3n) is 5.04. The lowest BCUT2D eigenvalue weighted by atomic mass is 9.93. The predicted octanol–water partition coefficient (Wildman–Crippen LogP) is 4.50. The summed E-state index contributed by atoms with van der Waals surface area (Å²) in [7, 11) is 0. The molecule has 0 spiro atoms. The summed E-state index contributed by atoms with van der Waals surface area (Å²) in [4.78, 5) is 4.15. The minimum absolute atomic E-state index is 0.468. The molecule has 1 aliphatic heterocycles. The smallest absolute Gasteiger partial charge is 0.177 e. The molecule has 134 valence electrons. The second-order valence-electron chi connectivity index (χ2n) is 6.80. The number of aromatic amines is 1. The molecule has 1 aliphatic rings. The van der Waals surface area contributed by atoms with E-state index >= 15 is 0 Å². The Morgan fingerprint density at radius 1 is 1.04 bits per heavy atom. The van der Waals surface area contributed by atoms with Gasteiger partial charge < -0.3 is 14.9 Å². The van der Waals surface area contributed by atoms with Crippen LogP contribution in [0.2, 0.25) is 0 Å². The van der Waals surface area contributed by atoms with E-state index in [1.807, 2.05) is 30.5 Å². The van der Waals surface area contributed by atoms with Gasteiger partial charge in [-0.15, -0.1) is 0 Å². The highest BCUT2D eigenvalue weighted by Gasteiger charge is 2.19. The highest BCUT2D eigenvalue weighted by molar-refractivity contribution is 7.91. The maximum atomic E-state index is 12.7. The molecule has 26 heavy (non-hydrogen) atoms. The zero-order valence-corrected chi connectivity index (χ0v) is 15.6. The van der Waals surface area contributed by atoms with Gasteiger partial charge in [-0.05, 0) is 53.7 Å². The molecule has 0 saturated carbocycles. The standard InChI is InChI=1S/C22H24N2OS/c25-26(22-16-24-21-11-5-4-10-20(21)22)14-6-9-19-15-18(12-13-23-19)17-7-2-1-3-8-17/h1-5,7-8,10-12,16,19,23-24H,6,9,13-15H2. The summed E-state index contributed by atoms with van der Waals surface area (Å²) in [6.07, 6.45) is 7.25. The molecule has 2 N–H and O–H groups in total. The van der Waals surface area contributed by atoms with E-state index in [1.54, 1.807) is 0 Å². The predicted molar refractivity (Wildman–Crippen MR) is 110 cm³/mol. The molecule has 3 aromatic rings. The van der Waals surface area contributed by atoms with Crippen molar-refractivity contribution in [3.63, 3.8) is 0 Å². The molecule has 2 atom stereocenters. The second kappa shape index (κ2) is 8.12. The first-order valence-electron chi connectivity index (χ1n) is 9.23. The molecule has 0 saturated heterocycles. The van der Waals surface area contributed by atoms with E-state index in [2.05, 4.69) is 46.7 Å². The number of aromatic nitrogens is 1. The molecule has 2 heterocycles. The van der Waals surface area contributed by atoms with Crippen molar-refractivity contribution in [3.05, 3.63) is 72.4 Å². The molecule has 4 heteroatoms. The number of rotatable bonds is 6. The number of para-hydroxylation sites is 1. The van der Waals surface area contributed by atoms with Gasteiger partial charge in [0.15, 0.2) is 4.90 Å². The Kier molecular flexibility index (Phi) is 5.44. The van der Waals surface area contributed by atoms with Crippen molar-refractivity contribution in [2.24, 2.45) is 0 Å². The Morgan fingerprint density at radius 2 is 1.85 bits per heavy atom. The molecule has 0 fully saturated rings. The molecular weight excluding hydrogens is 340 g/mol. The molecule has 0 radical (unpaired) electrons. The van der Waals surface area contributed by atoms with Crippen molar-refractivity contribution in [2.45, 2.75) is 30.2 Å². The van der Waals surface area contributed by atoms with Crippen LogP contribution in [-0.4, -0.2) is 27.9 Å². The highest BCUT2D eigenvalue weighted by Crippen LogP contribution is 2.26. The van der Waals surface area contributed by atoms with Crippen LogP contribution in [0.1, 0.15) is 24.8 Å². The molecule has 0 amide bonds. The lowest BCUT2D eigenvalue weighted by Gasteiger charge is -2.24. The summed E-state index contributed by atoms with van der Waals surface area (Å²) in [6.45, 7) is 0.917. The minimum Gasteiger partial charge on any atom is -0.611 e. The summed E-state index contributed by atoms with van der Waals surface area (Å²) in [5.41, 5.74) is 3.80. The third-order valence-corrected chi connectivity index (χ3v) is 6.53. The van der Waals surface area contributed by atoms with Gasteiger partial charge >= 0.3 is 0 Å². The minimum atomic E-state index is -0.950. The van der Waals surface area contributed by atoms with E-state index in [-0.39, 0.29) is 0 Å². The molecule has 3 nitrogen and oxygen atoms in total. The highest BCUT2D eigenvalue weighted by atomic mass is 32.2. The maximum Gasteiger partial charge on any atom is 0.177 e. The summed E-state index contributed by atoms with van der Waals surface area (Å²) in [6, 6.07) is 19.1. The van der Waals surface area contributed by atoms with Gasteiger partial charge in [-0.3, -0.25) is 0 Å². The molecule has 1 aromatic heterocycles. The SMILES string of the molecule is [O-][S+](CCCC1CC(c2ccccc2)=CCN1)c1c[nH]c2ccccc12. The van der Waals surface area contributed by atoms with Crippen LogP contribution in [0.5, 0.6) is 0 Å². The number of H-pyrrole nitrogens is 1. The molecule has 2 aromatic carbocycles. The van der Waals surface area contributed by atoms with Crippen molar-refractivity contribution in [2.75, 3.05) is 12.3 Å². The van der Waals surface area contributed by atoms with E-state index in [0.29, 0.717) is 11.8 Å². The average molecular weight is 365 g/mol. The van der Waals surface area contributed by atoms with Crippen LogP contribution in [0.4, 0.5) is 0 Å². The van der Waals surface area contributed by atoms with Crippen LogP contribution in [-0.2, 0) is 11.2 Å². The van der Waals surface area contributed by atoms with Crippen molar-refractivity contribution in [1.29, 1.82) is 0 Å². The Balaban J connectivity index is 1.31. The largest absolute Gasteiger partial charge is 0.611 e. The lowest BCUT2D eigenvalue weighted by molar-refractivity contribution is 0.493. The number of fused-ring (bicyclic) bond motifs is 1. The maximum absolute atomic E-state index is 12.7. The summed E-state index contributed by atoms with van der Waals surface area (Å²) in [5, 5.41) is 4.66. The van der Waals surface area contributed by atoms with Crippen molar-refractivity contribution in [3.8, 4) is 0 Å². The summed E-state index contributed by atoms with van der Waals surface area (Å²) in [5.74, 6) is 0.713. The van der Waals surface area contributed by atoms with Crippen LogP contribution < -0.4 is 5.32 Å². The second-order valence-corrected chi connectivity index (χ2v) is 8.33. The quantitative estimate of drug-likeness (QED) is 0.633. The zero-order valence-electron chi connectivity index (χ0n) is 14.8.